The Morgan fingerprint density at radius 1 is 1.12 bits per heavy atom. The van der Waals surface area contributed by atoms with Crippen LogP contribution in [0.5, 0.6) is 0 Å². The molecule has 1 aromatic carbocycles. The number of benzene rings is 1. The molecule has 3 atom stereocenters. The fourth-order valence-corrected chi connectivity index (χ4v) is 8.48. The van der Waals surface area contributed by atoms with Crippen molar-refractivity contribution in [1.82, 2.24) is 14.9 Å². The number of likely N-dealkylation sites (tertiary alicyclic amines) is 1. The summed E-state index contributed by atoms with van der Waals surface area (Å²) in [6, 6.07) is 2.65. The molecule has 2 unspecified atom stereocenters. The zero-order chi connectivity index (χ0) is 22.7. The summed E-state index contributed by atoms with van der Waals surface area (Å²) < 4.78 is 56.0. The van der Waals surface area contributed by atoms with Crippen molar-refractivity contribution < 1.29 is 22.0 Å². The van der Waals surface area contributed by atoms with Gasteiger partial charge in [-0.2, -0.15) is 0 Å². The van der Waals surface area contributed by atoms with Crippen LogP contribution in [-0.2, 0) is 14.8 Å². The van der Waals surface area contributed by atoms with Gasteiger partial charge in [-0.3, -0.25) is 4.79 Å². The molecule has 0 spiro atoms. The van der Waals surface area contributed by atoms with E-state index in [1.165, 1.54) is 0 Å². The summed E-state index contributed by atoms with van der Waals surface area (Å²) in [6.07, 6.45) is 6.41. The van der Waals surface area contributed by atoms with Crippen molar-refractivity contribution >= 4 is 15.9 Å². The second kappa shape index (κ2) is 7.72. The van der Waals surface area contributed by atoms with Gasteiger partial charge in [0.1, 0.15) is 0 Å². The third-order valence-corrected chi connectivity index (χ3v) is 9.42. The first-order valence-electron chi connectivity index (χ1n) is 11.4. The molecule has 1 saturated heterocycles. The second-order valence-corrected chi connectivity index (χ2v) is 12.0. The summed E-state index contributed by atoms with van der Waals surface area (Å²) in [7, 11) is -4.02. The van der Waals surface area contributed by atoms with Crippen LogP contribution in [0, 0.1) is 23.5 Å². The number of nitrogens with two attached hydrogens (primary N) is 1. The van der Waals surface area contributed by atoms with Crippen LogP contribution in [0.15, 0.2) is 23.1 Å². The van der Waals surface area contributed by atoms with Gasteiger partial charge in [0.2, 0.25) is 15.9 Å². The van der Waals surface area contributed by atoms with Gasteiger partial charge in [-0.15, -0.1) is 0 Å². The average Bonchev–Trinajstić information content (AvgIpc) is 3.12. The third kappa shape index (κ3) is 3.95. The van der Waals surface area contributed by atoms with E-state index in [0.29, 0.717) is 24.8 Å². The first-order valence-corrected chi connectivity index (χ1v) is 12.9. The molecule has 5 aliphatic rings. The molecule has 10 heteroatoms. The molecule has 4 N–H and O–H groups in total. The van der Waals surface area contributed by atoms with Gasteiger partial charge >= 0.3 is 0 Å². The van der Waals surface area contributed by atoms with Crippen LogP contribution in [0.25, 0.3) is 0 Å². The van der Waals surface area contributed by atoms with E-state index >= 15 is 0 Å². The first-order chi connectivity index (χ1) is 15.1. The van der Waals surface area contributed by atoms with Gasteiger partial charge in [0.25, 0.3) is 0 Å². The molecule has 1 amide bonds. The van der Waals surface area contributed by atoms with Crippen LogP contribution in [0.1, 0.15) is 51.4 Å². The van der Waals surface area contributed by atoms with Gasteiger partial charge < -0.3 is 16.0 Å². The zero-order valence-corrected chi connectivity index (χ0v) is 18.8. The van der Waals surface area contributed by atoms with E-state index in [1.54, 1.807) is 4.90 Å². The molecule has 0 aromatic heterocycles. The lowest BCUT2D eigenvalue weighted by Gasteiger charge is -2.62. The Morgan fingerprint density at radius 2 is 1.81 bits per heavy atom. The highest BCUT2D eigenvalue weighted by Gasteiger charge is 2.58. The Kier molecular flexibility index (Phi) is 5.35. The van der Waals surface area contributed by atoms with Crippen molar-refractivity contribution in [1.29, 1.82) is 0 Å². The predicted molar refractivity (Wildman–Crippen MR) is 114 cm³/mol. The van der Waals surface area contributed by atoms with Gasteiger partial charge in [-0.1, -0.05) is 0 Å². The quantitative estimate of drug-likeness (QED) is 0.591. The highest BCUT2D eigenvalue weighted by atomic mass is 32.2. The van der Waals surface area contributed by atoms with Crippen molar-refractivity contribution in [2.75, 3.05) is 13.1 Å². The lowest BCUT2D eigenvalue weighted by molar-refractivity contribution is -0.132. The third-order valence-electron chi connectivity index (χ3n) is 7.85. The fraction of sp³-hybridized carbons (Fsp3) is 0.682. The molecular weight excluding hydrogens is 438 g/mol. The van der Waals surface area contributed by atoms with Crippen LogP contribution in [0.3, 0.4) is 0 Å². The van der Waals surface area contributed by atoms with Crippen LogP contribution >= 0.6 is 0 Å². The number of nitrogens with one attached hydrogen (secondary N) is 2. The van der Waals surface area contributed by atoms with E-state index in [4.69, 9.17) is 5.73 Å². The zero-order valence-electron chi connectivity index (χ0n) is 17.9. The van der Waals surface area contributed by atoms with Crippen molar-refractivity contribution in [3.63, 3.8) is 0 Å². The number of rotatable bonds is 6. The van der Waals surface area contributed by atoms with Gasteiger partial charge in [0.05, 0.1) is 17.6 Å². The predicted octanol–water partition coefficient (Wildman–Crippen LogP) is 1.83. The molecule has 4 saturated carbocycles. The molecule has 5 fully saturated rings. The van der Waals surface area contributed by atoms with E-state index in [0.717, 1.165) is 63.1 Å². The highest BCUT2D eigenvalue weighted by molar-refractivity contribution is 7.89. The molecule has 1 aliphatic heterocycles. The second-order valence-electron chi connectivity index (χ2n) is 10.4. The summed E-state index contributed by atoms with van der Waals surface area (Å²) in [5.41, 5.74) is 5.08. The van der Waals surface area contributed by atoms with Gasteiger partial charge in [-0.25, -0.2) is 21.9 Å². The maximum Gasteiger partial charge on any atom is 0.241 e. The van der Waals surface area contributed by atoms with Crippen molar-refractivity contribution in [3.8, 4) is 0 Å². The lowest BCUT2D eigenvalue weighted by atomic mass is 9.50. The number of nitrogens with zero attached hydrogens (tertiary/aromatic N) is 1. The molecule has 0 radical (unpaired) electrons. The maximum atomic E-state index is 13.7. The average molecular weight is 469 g/mol. The van der Waals surface area contributed by atoms with Crippen molar-refractivity contribution in [2.24, 2.45) is 17.6 Å². The van der Waals surface area contributed by atoms with E-state index in [1.807, 2.05) is 0 Å². The molecule has 4 bridgehead atoms. The van der Waals surface area contributed by atoms with Crippen LogP contribution in [0.2, 0.25) is 0 Å². The van der Waals surface area contributed by atoms with E-state index in [2.05, 4.69) is 10.0 Å². The molecule has 4 aliphatic carbocycles. The van der Waals surface area contributed by atoms with Gasteiger partial charge in [0, 0.05) is 17.6 Å². The van der Waals surface area contributed by atoms with Gasteiger partial charge in [0.15, 0.2) is 11.6 Å². The van der Waals surface area contributed by atoms with Gasteiger partial charge in [-0.05, 0) is 81.4 Å². The Labute approximate surface area is 187 Å². The Bertz CT molecular complexity index is 1020. The molecule has 32 heavy (non-hydrogen) atoms. The SMILES string of the molecule is N[C@@H]1CCCN1C(=O)CNC12CC3CC(C1)CC(NS(=O)(=O)c1ccc(F)c(F)c1)(C3)C2. The standard InChI is InChI=1S/C22H30F2N4O3S/c23-17-4-3-16(7-18(17)24)32(30,31)27-22-10-14-6-15(11-22)9-21(8-14,13-22)26-12-20(29)28-5-1-2-19(28)25/h3-4,7,14-15,19,26-27H,1-2,5-6,8-13,25H2/t14?,15?,19-,21?,22?/m0/s1. The van der Waals surface area contributed by atoms with E-state index in [9.17, 15) is 22.0 Å². The van der Waals surface area contributed by atoms with E-state index < -0.39 is 27.2 Å². The minimum absolute atomic E-state index is 0.0119. The number of sulfonamides is 1. The fourth-order valence-electron chi connectivity index (χ4n) is 7.04. The largest absolute Gasteiger partial charge is 0.326 e. The molecule has 6 rings (SSSR count). The number of hydrogen-bond donors (Lipinski definition) is 3. The molecule has 176 valence electrons. The van der Waals surface area contributed by atoms with Crippen LogP contribution < -0.4 is 15.8 Å². The normalized spacial score (nSPS) is 36.1. The monoisotopic (exact) mass is 468 g/mol. The summed E-state index contributed by atoms with van der Waals surface area (Å²) in [5, 5.41) is 3.50. The topological polar surface area (TPSA) is 105 Å². The summed E-state index contributed by atoms with van der Waals surface area (Å²) in [5.74, 6) is -1.55. The summed E-state index contributed by atoms with van der Waals surface area (Å²) in [6.45, 7) is 0.872. The minimum atomic E-state index is -4.02. The first kappa shape index (κ1) is 22.2. The molecular formula is C22H30F2N4O3S. The molecule has 7 nitrogen and oxygen atoms in total. The molecule has 1 heterocycles. The van der Waals surface area contributed by atoms with Crippen molar-refractivity contribution in [3.05, 3.63) is 29.8 Å². The van der Waals surface area contributed by atoms with Crippen LogP contribution in [-0.4, -0.2) is 49.6 Å². The lowest BCUT2D eigenvalue weighted by Crippen LogP contribution is -2.69. The number of amides is 1. The van der Waals surface area contributed by atoms with Crippen molar-refractivity contribution in [2.45, 2.75) is 73.5 Å². The Hall–Kier alpha value is -1.62. The smallest absolute Gasteiger partial charge is 0.241 e. The van der Waals surface area contributed by atoms with Crippen LogP contribution in [0.4, 0.5) is 8.78 Å². The summed E-state index contributed by atoms with van der Waals surface area (Å²) in [4.78, 5) is 14.2. The molecule has 1 aromatic rings. The number of hydrogen-bond acceptors (Lipinski definition) is 5. The Balaban J connectivity index is 1.34. The number of halogens is 2. The minimum Gasteiger partial charge on any atom is -0.326 e. The summed E-state index contributed by atoms with van der Waals surface area (Å²) >= 11 is 0. The maximum absolute atomic E-state index is 13.7. The number of carbonyl (C=O) groups excluding carboxylic acids is 1. The number of carbonyl (C=O) groups is 1. The highest BCUT2D eigenvalue weighted by Crippen LogP contribution is 2.57. The van der Waals surface area contributed by atoms with E-state index in [-0.39, 0.29) is 29.1 Å². The Morgan fingerprint density at radius 3 is 2.44 bits per heavy atom.